The second-order valence-electron chi connectivity index (χ2n) is 5.87. The van der Waals surface area contributed by atoms with Gasteiger partial charge in [-0.3, -0.25) is 4.79 Å². The van der Waals surface area contributed by atoms with Crippen molar-refractivity contribution in [1.82, 2.24) is 5.32 Å². The molecule has 0 saturated heterocycles. The number of carbonyl (C=O) groups is 1. The van der Waals surface area contributed by atoms with Gasteiger partial charge in [0.25, 0.3) is 5.91 Å². The zero-order valence-electron chi connectivity index (χ0n) is 12.8. The molecule has 0 aliphatic heterocycles. The van der Waals surface area contributed by atoms with Gasteiger partial charge in [-0.25, -0.2) is 0 Å². The van der Waals surface area contributed by atoms with E-state index >= 15 is 0 Å². The number of nitrogens with two attached hydrogens (primary N) is 1. The maximum Gasteiger partial charge on any atom is 0.251 e. The Hall–Kier alpha value is -1.99. The zero-order chi connectivity index (χ0) is 15.5. The fourth-order valence-electron chi connectivity index (χ4n) is 2.37. The average molecular weight is 286 g/mol. The molecule has 2 rings (SSSR count). The van der Waals surface area contributed by atoms with Crippen molar-refractivity contribution in [3.63, 3.8) is 0 Å². The number of carbonyl (C=O) groups excluding carboxylic acids is 1. The van der Waals surface area contributed by atoms with Crippen LogP contribution in [0.3, 0.4) is 0 Å². The molecule has 1 aliphatic carbocycles. The second-order valence-corrected chi connectivity index (χ2v) is 5.87. The van der Waals surface area contributed by atoms with E-state index in [2.05, 4.69) is 31.0 Å². The summed E-state index contributed by atoms with van der Waals surface area (Å²) in [6.07, 6.45) is 2.37. The minimum atomic E-state index is -0.167. The molecule has 1 aliphatic rings. The Morgan fingerprint density at radius 3 is 2.76 bits per heavy atom. The van der Waals surface area contributed by atoms with Gasteiger partial charge in [-0.15, -0.1) is 0 Å². The van der Waals surface area contributed by atoms with Crippen LogP contribution in [-0.2, 0) is 0 Å². The van der Waals surface area contributed by atoms with Gasteiger partial charge in [0.05, 0.1) is 19.2 Å². The smallest absolute Gasteiger partial charge is 0.251 e. The molecule has 21 heavy (non-hydrogen) atoms. The molecule has 0 unspecified atom stereocenters. The number of rotatable bonds is 4. The second kappa shape index (κ2) is 6.19. The van der Waals surface area contributed by atoms with Gasteiger partial charge in [0.1, 0.15) is 5.75 Å². The lowest BCUT2D eigenvalue weighted by atomic mass is 9.98. The highest BCUT2D eigenvalue weighted by molar-refractivity contribution is 5.95. The average Bonchev–Trinajstić information content (AvgIpc) is 3.29. The van der Waals surface area contributed by atoms with Gasteiger partial charge in [0.2, 0.25) is 0 Å². The Balaban J connectivity index is 2.21. The van der Waals surface area contributed by atoms with E-state index in [-0.39, 0.29) is 18.0 Å². The lowest BCUT2D eigenvalue weighted by Gasteiger charge is -2.26. The first-order chi connectivity index (χ1) is 9.97. The predicted octanol–water partition coefficient (Wildman–Crippen LogP) is 1.92. The molecule has 0 spiro atoms. The molecule has 1 aromatic carbocycles. The first-order valence-corrected chi connectivity index (χ1v) is 7.17. The first kappa shape index (κ1) is 15.4. The molecule has 3 N–H and O–H groups in total. The molecule has 0 bridgehead atoms. The van der Waals surface area contributed by atoms with E-state index < -0.39 is 0 Å². The highest BCUT2D eigenvalue weighted by atomic mass is 16.5. The number of ether oxygens (including phenoxy) is 1. The normalized spacial score (nSPS) is 14.1. The lowest BCUT2D eigenvalue weighted by Crippen LogP contribution is -2.45. The summed E-state index contributed by atoms with van der Waals surface area (Å²) in [6, 6.07) is 5.27. The van der Waals surface area contributed by atoms with Gasteiger partial charge in [-0.1, -0.05) is 11.8 Å². The Morgan fingerprint density at radius 1 is 1.48 bits per heavy atom. The number of nitrogens with one attached hydrogen (secondary N) is 1. The number of benzene rings is 1. The fourth-order valence-corrected chi connectivity index (χ4v) is 2.37. The van der Waals surface area contributed by atoms with E-state index in [0.717, 1.165) is 0 Å². The topological polar surface area (TPSA) is 64.3 Å². The van der Waals surface area contributed by atoms with Crippen molar-refractivity contribution >= 4 is 5.91 Å². The van der Waals surface area contributed by atoms with E-state index in [9.17, 15) is 4.79 Å². The van der Waals surface area contributed by atoms with Crippen molar-refractivity contribution in [2.75, 3.05) is 13.7 Å². The van der Waals surface area contributed by atoms with Gasteiger partial charge < -0.3 is 15.8 Å². The minimum absolute atomic E-state index is 0.0784. The van der Waals surface area contributed by atoms with Crippen molar-refractivity contribution in [3.8, 4) is 17.6 Å². The molecule has 0 aromatic heterocycles. The van der Waals surface area contributed by atoms with Crippen LogP contribution < -0.4 is 15.8 Å². The monoisotopic (exact) mass is 286 g/mol. The van der Waals surface area contributed by atoms with Crippen LogP contribution in [-0.4, -0.2) is 25.1 Å². The largest absolute Gasteiger partial charge is 0.495 e. The van der Waals surface area contributed by atoms with Crippen LogP contribution in [0.2, 0.25) is 0 Å². The molecule has 0 atom stereocenters. The summed E-state index contributed by atoms with van der Waals surface area (Å²) in [4.78, 5) is 12.4. The SMILES string of the molecule is COc1ccc(C(=O)NC(C)(C)C2CC2)cc1C#CCN. The molecule has 112 valence electrons. The van der Waals surface area contributed by atoms with Crippen LogP contribution in [0.1, 0.15) is 42.6 Å². The maximum atomic E-state index is 12.4. The van der Waals surface area contributed by atoms with E-state index in [4.69, 9.17) is 10.5 Å². The molecule has 0 heterocycles. The van der Waals surface area contributed by atoms with Crippen LogP contribution >= 0.6 is 0 Å². The van der Waals surface area contributed by atoms with Crippen LogP contribution in [0.4, 0.5) is 0 Å². The van der Waals surface area contributed by atoms with Gasteiger partial charge in [0, 0.05) is 11.1 Å². The Bertz CT molecular complexity index is 593. The van der Waals surface area contributed by atoms with Crippen LogP contribution in [0.15, 0.2) is 18.2 Å². The summed E-state index contributed by atoms with van der Waals surface area (Å²) < 4.78 is 5.25. The van der Waals surface area contributed by atoms with Crippen LogP contribution in [0, 0.1) is 17.8 Å². The van der Waals surface area contributed by atoms with E-state index in [1.165, 1.54) is 12.8 Å². The van der Waals surface area contributed by atoms with Gasteiger partial charge >= 0.3 is 0 Å². The third-order valence-corrected chi connectivity index (χ3v) is 3.82. The van der Waals surface area contributed by atoms with Crippen LogP contribution in [0.25, 0.3) is 0 Å². The molecule has 1 aromatic rings. The Morgan fingerprint density at radius 2 is 2.19 bits per heavy atom. The zero-order valence-corrected chi connectivity index (χ0v) is 12.8. The first-order valence-electron chi connectivity index (χ1n) is 7.17. The molecular formula is C17H22N2O2. The molecule has 1 fully saturated rings. The summed E-state index contributed by atoms with van der Waals surface area (Å²) in [5.41, 5.74) is 6.50. The maximum absolute atomic E-state index is 12.4. The summed E-state index contributed by atoms with van der Waals surface area (Å²) in [7, 11) is 1.58. The van der Waals surface area contributed by atoms with E-state index in [1.807, 2.05) is 0 Å². The summed E-state index contributed by atoms with van der Waals surface area (Å²) in [6.45, 7) is 4.41. The molecule has 1 saturated carbocycles. The van der Waals surface area contributed by atoms with Crippen molar-refractivity contribution < 1.29 is 9.53 Å². The molecule has 4 heteroatoms. The number of hydrogen-bond donors (Lipinski definition) is 2. The predicted molar refractivity (Wildman–Crippen MR) is 83.2 cm³/mol. The van der Waals surface area contributed by atoms with Crippen molar-refractivity contribution in [3.05, 3.63) is 29.3 Å². The molecule has 0 radical (unpaired) electrons. The Kier molecular flexibility index (Phi) is 4.54. The number of hydrogen-bond acceptors (Lipinski definition) is 3. The summed E-state index contributed by atoms with van der Waals surface area (Å²) >= 11 is 0. The van der Waals surface area contributed by atoms with E-state index in [0.29, 0.717) is 22.8 Å². The van der Waals surface area contributed by atoms with Gasteiger partial charge in [-0.2, -0.15) is 0 Å². The lowest BCUT2D eigenvalue weighted by molar-refractivity contribution is 0.0903. The highest BCUT2D eigenvalue weighted by Crippen LogP contribution is 2.39. The van der Waals surface area contributed by atoms with Crippen molar-refractivity contribution in [2.45, 2.75) is 32.2 Å². The number of methoxy groups -OCH3 is 1. The van der Waals surface area contributed by atoms with E-state index in [1.54, 1.807) is 25.3 Å². The molecule has 1 amide bonds. The summed E-state index contributed by atoms with van der Waals surface area (Å²) in [5.74, 6) is 6.87. The number of amides is 1. The molecular weight excluding hydrogens is 264 g/mol. The quantitative estimate of drug-likeness (QED) is 0.831. The minimum Gasteiger partial charge on any atom is -0.495 e. The summed E-state index contributed by atoms with van der Waals surface area (Å²) in [5, 5.41) is 3.10. The highest BCUT2D eigenvalue weighted by Gasteiger charge is 2.38. The standard InChI is InChI=1S/C17H22N2O2/c1-17(2,14-7-8-14)19-16(20)13-6-9-15(21-3)12(11-13)5-4-10-18/h6,9,11,14H,7-8,10,18H2,1-3H3,(H,19,20). The van der Waals surface area contributed by atoms with Crippen molar-refractivity contribution in [1.29, 1.82) is 0 Å². The molecule has 4 nitrogen and oxygen atoms in total. The van der Waals surface area contributed by atoms with Gasteiger partial charge in [-0.05, 0) is 50.8 Å². The Labute approximate surface area is 126 Å². The van der Waals surface area contributed by atoms with Crippen molar-refractivity contribution in [2.24, 2.45) is 11.7 Å². The fraction of sp³-hybridized carbons (Fsp3) is 0.471. The third kappa shape index (κ3) is 3.77. The third-order valence-electron chi connectivity index (χ3n) is 3.82. The van der Waals surface area contributed by atoms with Gasteiger partial charge in [0.15, 0.2) is 0 Å². The van der Waals surface area contributed by atoms with Crippen LogP contribution in [0.5, 0.6) is 5.75 Å².